The fourth-order valence-electron chi connectivity index (χ4n) is 3.00. The lowest BCUT2D eigenvalue weighted by Gasteiger charge is -2.29. The molecule has 0 radical (unpaired) electrons. The Morgan fingerprint density at radius 2 is 2.04 bits per heavy atom. The van der Waals surface area contributed by atoms with Crippen molar-refractivity contribution in [3.8, 4) is 5.75 Å². The van der Waals surface area contributed by atoms with Crippen molar-refractivity contribution in [1.82, 2.24) is 19.5 Å². The zero-order valence-corrected chi connectivity index (χ0v) is 17.1. The second-order valence-electron chi connectivity index (χ2n) is 7.31. The minimum absolute atomic E-state index is 0.148. The van der Waals surface area contributed by atoms with Crippen LogP contribution in [0.1, 0.15) is 32.8 Å². The van der Waals surface area contributed by atoms with Crippen LogP contribution in [0.25, 0.3) is 11.2 Å². The summed E-state index contributed by atoms with van der Waals surface area (Å²) in [6.07, 6.45) is 2.37. The number of imidazole rings is 1. The fraction of sp³-hybridized carbons (Fsp3) is 0.421. The fourth-order valence-corrected chi connectivity index (χ4v) is 3.20. The van der Waals surface area contributed by atoms with Crippen LogP contribution < -0.4 is 10.6 Å². The topological polar surface area (TPSA) is 108 Å². The smallest absolute Gasteiger partial charge is 0.227 e. The zero-order chi connectivity index (χ0) is 20.5. The molecule has 0 aliphatic heterocycles. The van der Waals surface area contributed by atoms with E-state index in [2.05, 4.69) is 25.6 Å². The molecular weight excluding hydrogens is 380 g/mol. The Morgan fingerprint density at radius 3 is 2.71 bits per heavy atom. The van der Waals surface area contributed by atoms with Gasteiger partial charge in [-0.3, -0.25) is 0 Å². The lowest BCUT2D eigenvalue weighted by molar-refractivity contribution is 0.0577. The maximum Gasteiger partial charge on any atom is 0.227 e. The van der Waals surface area contributed by atoms with E-state index in [-0.39, 0.29) is 11.8 Å². The van der Waals surface area contributed by atoms with Gasteiger partial charge in [0.2, 0.25) is 5.95 Å². The summed E-state index contributed by atoms with van der Waals surface area (Å²) in [4.78, 5) is 13.5. The summed E-state index contributed by atoms with van der Waals surface area (Å²) in [5.74, 6) is 1.07. The zero-order valence-electron chi connectivity index (χ0n) is 16.4. The van der Waals surface area contributed by atoms with Crippen molar-refractivity contribution in [3.05, 3.63) is 35.1 Å². The Bertz CT molecular complexity index is 982. The van der Waals surface area contributed by atoms with Crippen LogP contribution in [0.3, 0.4) is 0 Å². The molecule has 1 unspecified atom stereocenters. The molecule has 0 aliphatic rings. The minimum atomic E-state index is -0.931. The lowest BCUT2D eigenvalue weighted by atomic mass is 9.97. The number of phenols is 1. The minimum Gasteiger partial charge on any atom is -0.508 e. The highest BCUT2D eigenvalue weighted by Crippen LogP contribution is 2.26. The van der Waals surface area contributed by atoms with Gasteiger partial charge in [-0.2, -0.15) is 9.97 Å². The molecule has 2 aromatic heterocycles. The summed E-state index contributed by atoms with van der Waals surface area (Å²) in [5.41, 5.74) is 0.985. The highest BCUT2D eigenvalue weighted by molar-refractivity contribution is 6.30. The van der Waals surface area contributed by atoms with E-state index in [0.717, 1.165) is 0 Å². The number of hydrogen-bond donors (Lipinski definition) is 4. The summed E-state index contributed by atoms with van der Waals surface area (Å²) in [6, 6.07) is 4.66. The highest BCUT2D eigenvalue weighted by atomic mass is 35.5. The first-order valence-corrected chi connectivity index (χ1v) is 9.46. The largest absolute Gasteiger partial charge is 0.508 e. The van der Waals surface area contributed by atoms with Crippen LogP contribution in [0, 0.1) is 0 Å². The van der Waals surface area contributed by atoms with E-state index in [1.165, 1.54) is 0 Å². The third-order valence-corrected chi connectivity index (χ3v) is 4.85. The van der Waals surface area contributed by atoms with Crippen LogP contribution in [0.4, 0.5) is 11.8 Å². The third kappa shape index (κ3) is 4.28. The van der Waals surface area contributed by atoms with Crippen molar-refractivity contribution in [1.29, 1.82) is 0 Å². The second-order valence-corrected chi connectivity index (χ2v) is 7.75. The molecule has 0 fully saturated rings. The maximum atomic E-state index is 10.4. The SMILES string of the molecule is CCC(Nc1nc(NCc2cc(Cl)ccc2O)c2ncn(C)c2n1)C(C)(C)O. The predicted molar refractivity (Wildman–Crippen MR) is 111 cm³/mol. The van der Waals surface area contributed by atoms with Gasteiger partial charge >= 0.3 is 0 Å². The Morgan fingerprint density at radius 1 is 1.29 bits per heavy atom. The van der Waals surface area contributed by atoms with Crippen LogP contribution in [0.5, 0.6) is 5.75 Å². The number of nitrogens with one attached hydrogen (secondary N) is 2. The Kier molecular flexibility index (Phi) is 5.62. The summed E-state index contributed by atoms with van der Waals surface area (Å²) < 4.78 is 1.80. The molecule has 9 heteroatoms. The number of aromatic hydroxyl groups is 1. The molecule has 28 heavy (non-hydrogen) atoms. The molecule has 150 valence electrons. The van der Waals surface area contributed by atoms with Crippen LogP contribution in [-0.4, -0.2) is 41.4 Å². The van der Waals surface area contributed by atoms with E-state index in [4.69, 9.17) is 11.6 Å². The third-order valence-electron chi connectivity index (χ3n) is 4.61. The van der Waals surface area contributed by atoms with E-state index < -0.39 is 5.60 Å². The van der Waals surface area contributed by atoms with Crippen LogP contribution in [0.2, 0.25) is 5.02 Å². The molecule has 0 aliphatic carbocycles. The van der Waals surface area contributed by atoms with Crippen molar-refractivity contribution in [2.75, 3.05) is 10.6 Å². The van der Waals surface area contributed by atoms with E-state index >= 15 is 0 Å². The molecule has 0 saturated carbocycles. The molecule has 8 nitrogen and oxygen atoms in total. The monoisotopic (exact) mass is 404 g/mol. The van der Waals surface area contributed by atoms with Crippen LogP contribution >= 0.6 is 11.6 Å². The number of aliphatic hydroxyl groups is 1. The van der Waals surface area contributed by atoms with Gasteiger partial charge in [0.25, 0.3) is 0 Å². The number of benzene rings is 1. The molecule has 0 spiro atoms. The van der Waals surface area contributed by atoms with Gasteiger partial charge in [0.05, 0.1) is 18.0 Å². The molecular formula is C19H25ClN6O2. The normalized spacial score (nSPS) is 12.9. The number of aromatic nitrogens is 4. The van der Waals surface area contributed by atoms with Gasteiger partial charge in [-0.1, -0.05) is 18.5 Å². The van der Waals surface area contributed by atoms with Gasteiger partial charge < -0.3 is 25.4 Å². The van der Waals surface area contributed by atoms with Crippen molar-refractivity contribution in [3.63, 3.8) is 0 Å². The van der Waals surface area contributed by atoms with E-state index in [0.29, 0.717) is 46.5 Å². The number of rotatable bonds is 7. The average Bonchev–Trinajstić information content (AvgIpc) is 3.00. The molecule has 1 atom stereocenters. The Balaban J connectivity index is 1.93. The van der Waals surface area contributed by atoms with E-state index in [9.17, 15) is 10.2 Å². The number of aryl methyl sites for hydroxylation is 1. The van der Waals surface area contributed by atoms with E-state index in [1.54, 1.807) is 42.9 Å². The van der Waals surface area contributed by atoms with E-state index in [1.807, 2.05) is 14.0 Å². The van der Waals surface area contributed by atoms with Gasteiger partial charge in [-0.15, -0.1) is 0 Å². The summed E-state index contributed by atoms with van der Waals surface area (Å²) in [6.45, 7) is 5.80. The molecule has 0 amide bonds. The van der Waals surface area contributed by atoms with Gasteiger partial charge in [-0.25, -0.2) is 4.98 Å². The van der Waals surface area contributed by atoms with Crippen LogP contribution in [0.15, 0.2) is 24.5 Å². The maximum absolute atomic E-state index is 10.4. The summed E-state index contributed by atoms with van der Waals surface area (Å²) in [5, 5.41) is 27.3. The van der Waals surface area contributed by atoms with Crippen molar-refractivity contribution in [2.24, 2.45) is 7.05 Å². The van der Waals surface area contributed by atoms with Crippen molar-refractivity contribution < 1.29 is 10.2 Å². The van der Waals surface area contributed by atoms with Crippen molar-refractivity contribution in [2.45, 2.75) is 45.4 Å². The molecule has 1 aromatic carbocycles. The number of nitrogens with zero attached hydrogens (tertiary/aromatic N) is 4. The lowest BCUT2D eigenvalue weighted by Crippen LogP contribution is -2.41. The molecule has 0 saturated heterocycles. The average molecular weight is 405 g/mol. The number of hydrogen-bond acceptors (Lipinski definition) is 7. The molecule has 0 bridgehead atoms. The molecule has 2 heterocycles. The highest BCUT2D eigenvalue weighted by Gasteiger charge is 2.26. The van der Waals surface area contributed by atoms with Gasteiger partial charge in [-0.05, 0) is 38.5 Å². The number of fused-ring (bicyclic) bond motifs is 1. The van der Waals surface area contributed by atoms with Crippen LogP contribution in [-0.2, 0) is 13.6 Å². The first-order chi connectivity index (χ1) is 13.2. The second kappa shape index (κ2) is 7.81. The van der Waals surface area contributed by atoms with Gasteiger partial charge in [0.1, 0.15) is 5.75 Å². The first-order valence-electron chi connectivity index (χ1n) is 9.08. The molecule has 3 aromatic rings. The Labute approximate surface area is 168 Å². The number of halogens is 1. The molecule has 4 N–H and O–H groups in total. The Hall–Kier alpha value is -2.58. The predicted octanol–water partition coefficient (Wildman–Crippen LogP) is 3.30. The standard InChI is InChI=1S/C19H25ClN6O2/c1-5-14(19(2,3)28)23-18-24-16(15-17(25-18)26(4)10-22-15)21-9-11-8-12(20)6-7-13(11)27/h6-8,10,14,27-28H,5,9H2,1-4H3,(H2,21,23,24,25). The quantitative estimate of drug-likeness (QED) is 0.478. The van der Waals surface area contributed by atoms with Crippen molar-refractivity contribution >= 4 is 34.5 Å². The number of phenolic OH excluding ortho intramolecular Hbond substituents is 1. The molecule has 3 rings (SSSR count). The number of anilines is 2. The van der Waals surface area contributed by atoms with Gasteiger partial charge in [0, 0.05) is 24.2 Å². The summed E-state index contributed by atoms with van der Waals surface area (Å²) >= 11 is 6.02. The van der Waals surface area contributed by atoms with Gasteiger partial charge in [0.15, 0.2) is 17.0 Å². The summed E-state index contributed by atoms with van der Waals surface area (Å²) in [7, 11) is 1.85. The first kappa shape index (κ1) is 20.2.